The third kappa shape index (κ3) is 4.14. The minimum absolute atomic E-state index is 0.685. The van der Waals surface area contributed by atoms with Crippen LogP contribution in [0.2, 0.25) is 0 Å². The first-order valence-corrected chi connectivity index (χ1v) is 7.18. The van der Waals surface area contributed by atoms with Crippen molar-refractivity contribution in [3.63, 3.8) is 0 Å². The van der Waals surface area contributed by atoms with Gasteiger partial charge >= 0.3 is 0 Å². The van der Waals surface area contributed by atoms with Gasteiger partial charge in [0.1, 0.15) is 11.5 Å². The van der Waals surface area contributed by atoms with Crippen molar-refractivity contribution in [2.45, 2.75) is 45.6 Å². The molecule has 1 aromatic heterocycles. The highest BCUT2D eigenvalue weighted by Crippen LogP contribution is 2.47. The molecular formula is C15H25NO2. The molecule has 3 nitrogen and oxygen atoms in total. The maximum Gasteiger partial charge on any atom is 0.117 e. The van der Waals surface area contributed by atoms with Crippen molar-refractivity contribution < 1.29 is 9.15 Å². The van der Waals surface area contributed by atoms with Crippen LogP contribution >= 0.6 is 0 Å². The van der Waals surface area contributed by atoms with Crippen LogP contribution in [0.25, 0.3) is 0 Å². The van der Waals surface area contributed by atoms with Crippen molar-refractivity contribution in [3.8, 4) is 0 Å². The summed E-state index contributed by atoms with van der Waals surface area (Å²) in [6, 6.07) is 4.24. The van der Waals surface area contributed by atoms with Crippen LogP contribution in [-0.4, -0.2) is 19.8 Å². The topological polar surface area (TPSA) is 34.4 Å². The molecule has 0 saturated heterocycles. The molecule has 0 amide bonds. The second-order valence-corrected chi connectivity index (χ2v) is 5.20. The highest BCUT2D eigenvalue weighted by Gasteiger charge is 2.36. The van der Waals surface area contributed by atoms with Gasteiger partial charge in [0.2, 0.25) is 0 Å². The number of furan rings is 1. The van der Waals surface area contributed by atoms with Crippen LogP contribution in [0.1, 0.15) is 50.5 Å². The van der Waals surface area contributed by atoms with Crippen molar-refractivity contribution in [1.29, 1.82) is 0 Å². The molecular weight excluding hydrogens is 226 g/mol. The number of hydrogen-bond donors (Lipinski definition) is 1. The van der Waals surface area contributed by atoms with Crippen LogP contribution in [0, 0.1) is 5.92 Å². The molecule has 1 N–H and O–H groups in total. The van der Waals surface area contributed by atoms with E-state index in [9.17, 15) is 0 Å². The van der Waals surface area contributed by atoms with E-state index in [1.165, 1.54) is 12.2 Å². The summed E-state index contributed by atoms with van der Waals surface area (Å²) < 4.78 is 11.1. The number of hydrogen-bond acceptors (Lipinski definition) is 3. The van der Waals surface area contributed by atoms with Gasteiger partial charge in [-0.15, -0.1) is 0 Å². The van der Waals surface area contributed by atoms with E-state index in [0.717, 1.165) is 50.8 Å². The molecule has 0 spiro atoms. The lowest BCUT2D eigenvalue weighted by atomic mass is 10.3. The lowest BCUT2D eigenvalue weighted by Crippen LogP contribution is -2.14. The molecule has 2 atom stereocenters. The Morgan fingerprint density at radius 3 is 2.94 bits per heavy atom. The van der Waals surface area contributed by atoms with E-state index in [1.807, 2.05) is 6.92 Å². The average Bonchev–Trinajstić information content (AvgIpc) is 2.91. The van der Waals surface area contributed by atoms with E-state index < -0.39 is 0 Å². The minimum Gasteiger partial charge on any atom is -0.464 e. The Hall–Kier alpha value is -0.800. The lowest BCUT2D eigenvalue weighted by molar-refractivity contribution is 0.143. The van der Waals surface area contributed by atoms with E-state index in [1.54, 1.807) is 0 Å². The number of ether oxygens (including phenoxy) is 1. The zero-order valence-corrected chi connectivity index (χ0v) is 11.6. The highest BCUT2D eigenvalue weighted by molar-refractivity contribution is 5.17. The molecule has 0 aromatic carbocycles. The first-order chi connectivity index (χ1) is 8.81. The summed E-state index contributed by atoms with van der Waals surface area (Å²) in [5, 5.41) is 3.41. The first-order valence-electron chi connectivity index (χ1n) is 7.18. The van der Waals surface area contributed by atoms with Gasteiger partial charge in [-0.05, 0) is 50.8 Å². The molecule has 1 heterocycles. The van der Waals surface area contributed by atoms with Gasteiger partial charge in [0, 0.05) is 19.1 Å². The number of unbranched alkanes of at least 4 members (excludes halogenated alkanes) is 1. The van der Waals surface area contributed by atoms with Gasteiger partial charge in [0.25, 0.3) is 0 Å². The van der Waals surface area contributed by atoms with Gasteiger partial charge in [-0.2, -0.15) is 0 Å². The Morgan fingerprint density at radius 2 is 2.22 bits per heavy atom. The normalized spacial score (nSPS) is 22.3. The molecule has 1 aliphatic rings. The van der Waals surface area contributed by atoms with Gasteiger partial charge in [0.15, 0.2) is 0 Å². The summed E-state index contributed by atoms with van der Waals surface area (Å²) in [6.07, 6.45) is 3.58. The van der Waals surface area contributed by atoms with E-state index in [4.69, 9.17) is 9.15 Å². The molecule has 1 aliphatic carbocycles. The lowest BCUT2D eigenvalue weighted by Gasteiger charge is -2.03. The quantitative estimate of drug-likeness (QED) is 0.684. The van der Waals surface area contributed by atoms with Crippen molar-refractivity contribution in [2.24, 2.45) is 5.92 Å². The standard InChI is InChI=1S/C15H25NO2/c1-3-17-9-5-4-8-16-11-13-6-7-15(18-13)14-10-12(14)2/h6-7,12,14,16H,3-5,8-11H2,1-2H3. The molecule has 102 valence electrons. The van der Waals surface area contributed by atoms with Crippen LogP contribution in [0.15, 0.2) is 16.5 Å². The fourth-order valence-electron chi connectivity index (χ4n) is 2.22. The fourth-order valence-corrected chi connectivity index (χ4v) is 2.22. The van der Waals surface area contributed by atoms with Crippen LogP contribution in [0.4, 0.5) is 0 Å². The molecule has 1 saturated carbocycles. The largest absolute Gasteiger partial charge is 0.464 e. The summed E-state index contributed by atoms with van der Waals surface area (Å²) in [4.78, 5) is 0. The Labute approximate surface area is 110 Å². The Morgan fingerprint density at radius 1 is 1.39 bits per heavy atom. The molecule has 0 radical (unpaired) electrons. The zero-order chi connectivity index (χ0) is 12.8. The smallest absolute Gasteiger partial charge is 0.117 e. The zero-order valence-electron chi connectivity index (χ0n) is 11.6. The van der Waals surface area contributed by atoms with Crippen molar-refractivity contribution >= 4 is 0 Å². The van der Waals surface area contributed by atoms with Crippen molar-refractivity contribution in [3.05, 3.63) is 23.7 Å². The fraction of sp³-hybridized carbons (Fsp3) is 0.733. The molecule has 0 aliphatic heterocycles. The maximum atomic E-state index is 5.84. The predicted molar refractivity (Wildman–Crippen MR) is 72.7 cm³/mol. The van der Waals surface area contributed by atoms with E-state index in [-0.39, 0.29) is 0 Å². The average molecular weight is 251 g/mol. The third-order valence-corrected chi connectivity index (χ3v) is 3.55. The summed E-state index contributed by atoms with van der Waals surface area (Å²) in [5.41, 5.74) is 0. The molecule has 1 fully saturated rings. The highest BCUT2D eigenvalue weighted by atomic mass is 16.5. The Bertz CT molecular complexity index is 348. The van der Waals surface area contributed by atoms with Gasteiger partial charge in [-0.1, -0.05) is 6.92 Å². The van der Waals surface area contributed by atoms with Crippen LogP contribution in [-0.2, 0) is 11.3 Å². The summed E-state index contributed by atoms with van der Waals surface area (Å²) in [5.74, 6) is 3.74. The van der Waals surface area contributed by atoms with Gasteiger partial charge < -0.3 is 14.5 Å². The Balaban J connectivity index is 1.55. The molecule has 2 rings (SSSR count). The van der Waals surface area contributed by atoms with Crippen LogP contribution in [0.5, 0.6) is 0 Å². The van der Waals surface area contributed by atoms with Crippen molar-refractivity contribution in [2.75, 3.05) is 19.8 Å². The van der Waals surface area contributed by atoms with Gasteiger partial charge in [0.05, 0.1) is 6.54 Å². The molecule has 2 unspecified atom stereocenters. The Kier molecular flexibility index (Phi) is 5.26. The second kappa shape index (κ2) is 6.95. The van der Waals surface area contributed by atoms with Gasteiger partial charge in [-0.25, -0.2) is 0 Å². The molecule has 3 heteroatoms. The minimum atomic E-state index is 0.685. The predicted octanol–water partition coefficient (Wildman–Crippen LogP) is 3.31. The second-order valence-electron chi connectivity index (χ2n) is 5.20. The van der Waals surface area contributed by atoms with E-state index in [2.05, 4.69) is 24.4 Å². The summed E-state index contributed by atoms with van der Waals surface area (Å²) >= 11 is 0. The molecule has 18 heavy (non-hydrogen) atoms. The number of rotatable bonds is 9. The monoisotopic (exact) mass is 251 g/mol. The van der Waals surface area contributed by atoms with Crippen LogP contribution < -0.4 is 5.32 Å². The van der Waals surface area contributed by atoms with Gasteiger partial charge in [-0.3, -0.25) is 0 Å². The maximum absolute atomic E-state index is 5.84. The SMILES string of the molecule is CCOCCCCNCc1ccc(C2CC2C)o1. The summed E-state index contributed by atoms with van der Waals surface area (Å²) in [7, 11) is 0. The third-order valence-electron chi connectivity index (χ3n) is 3.55. The first kappa shape index (κ1) is 13.6. The number of nitrogens with one attached hydrogen (secondary N) is 1. The van der Waals surface area contributed by atoms with E-state index >= 15 is 0 Å². The van der Waals surface area contributed by atoms with E-state index in [0.29, 0.717) is 5.92 Å². The molecule has 0 bridgehead atoms. The van der Waals surface area contributed by atoms with Crippen LogP contribution in [0.3, 0.4) is 0 Å². The van der Waals surface area contributed by atoms with Crippen molar-refractivity contribution in [1.82, 2.24) is 5.32 Å². The summed E-state index contributed by atoms with van der Waals surface area (Å²) in [6.45, 7) is 7.89. The molecule has 1 aromatic rings.